The molecule has 0 radical (unpaired) electrons. The topological polar surface area (TPSA) is 91.5 Å². The minimum absolute atomic E-state index is 0.123. The Morgan fingerprint density at radius 3 is 2.53 bits per heavy atom. The third-order valence-corrected chi connectivity index (χ3v) is 2.79. The lowest BCUT2D eigenvalue weighted by Crippen LogP contribution is -2.23. The van der Waals surface area contributed by atoms with Crippen LogP contribution in [0.25, 0.3) is 22.4 Å². The van der Waals surface area contributed by atoms with Crippen molar-refractivity contribution in [2.75, 3.05) is 0 Å². The summed E-state index contributed by atoms with van der Waals surface area (Å²) in [6.45, 7) is 1.99. The number of aromatic nitrogens is 4. The molecule has 6 heteroatoms. The zero-order chi connectivity index (χ0) is 13.4. The highest BCUT2D eigenvalue weighted by atomic mass is 16.2. The van der Waals surface area contributed by atoms with Crippen molar-refractivity contribution in [1.29, 1.82) is 0 Å². The van der Waals surface area contributed by atoms with E-state index in [-0.39, 0.29) is 11.2 Å². The molecule has 2 heterocycles. The Hall–Kier alpha value is -2.76. The Morgan fingerprint density at radius 2 is 1.79 bits per heavy atom. The minimum Gasteiger partial charge on any atom is -0.290 e. The minimum atomic E-state index is -0.588. The lowest BCUT2D eigenvalue weighted by atomic mass is 10.1. The van der Waals surface area contributed by atoms with Gasteiger partial charge in [0.1, 0.15) is 0 Å². The van der Waals surface area contributed by atoms with Crippen molar-refractivity contribution in [2.24, 2.45) is 0 Å². The zero-order valence-corrected chi connectivity index (χ0v) is 10.1. The summed E-state index contributed by atoms with van der Waals surface area (Å²) >= 11 is 0. The number of rotatable bonds is 1. The SMILES string of the molecule is Cc1ccc(-c2cnc3[nH]c(=O)[nH]c(=O)c3n2)cc1. The van der Waals surface area contributed by atoms with E-state index in [1.165, 1.54) is 6.20 Å². The second-order valence-electron chi connectivity index (χ2n) is 4.23. The molecule has 19 heavy (non-hydrogen) atoms. The highest BCUT2D eigenvalue weighted by molar-refractivity contribution is 5.72. The lowest BCUT2D eigenvalue weighted by Gasteiger charge is -2.02. The molecule has 0 aliphatic rings. The molecule has 0 saturated carbocycles. The summed E-state index contributed by atoms with van der Waals surface area (Å²) in [4.78, 5) is 35.6. The Morgan fingerprint density at radius 1 is 1.05 bits per heavy atom. The van der Waals surface area contributed by atoms with Gasteiger partial charge in [0.05, 0.1) is 11.9 Å². The van der Waals surface area contributed by atoms with Gasteiger partial charge in [-0.1, -0.05) is 29.8 Å². The molecule has 3 rings (SSSR count). The molecule has 1 aromatic carbocycles. The number of benzene rings is 1. The first-order chi connectivity index (χ1) is 9.13. The first-order valence-corrected chi connectivity index (χ1v) is 5.70. The predicted molar refractivity (Wildman–Crippen MR) is 71.0 cm³/mol. The van der Waals surface area contributed by atoms with Crippen LogP contribution in [0.5, 0.6) is 0 Å². The number of aromatic amines is 2. The van der Waals surface area contributed by atoms with E-state index in [4.69, 9.17) is 0 Å². The van der Waals surface area contributed by atoms with Crippen molar-refractivity contribution in [3.8, 4) is 11.3 Å². The smallest absolute Gasteiger partial charge is 0.290 e. The molecule has 0 saturated heterocycles. The van der Waals surface area contributed by atoms with Crippen LogP contribution in [0.15, 0.2) is 40.1 Å². The van der Waals surface area contributed by atoms with Gasteiger partial charge in [0, 0.05) is 5.56 Å². The molecule has 0 bridgehead atoms. The summed E-state index contributed by atoms with van der Waals surface area (Å²) in [7, 11) is 0. The first-order valence-electron chi connectivity index (χ1n) is 5.70. The van der Waals surface area contributed by atoms with E-state index in [1.54, 1.807) is 0 Å². The van der Waals surface area contributed by atoms with E-state index in [9.17, 15) is 9.59 Å². The van der Waals surface area contributed by atoms with Crippen LogP contribution in [0.4, 0.5) is 0 Å². The second kappa shape index (κ2) is 4.16. The number of fused-ring (bicyclic) bond motifs is 1. The fourth-order valence-corrected chi connectivity index (χ4v) is 1.80. The van der Waals surface area contributed by atoms with Gasteiger partial charge in [-0.15, -0.1) is 0 Å². The van der Waals surface area contributed by atoms with Gasteiger partial charge in [-0.25, -0.2) is 14.8 Å². The molecule has 0 aliphatic carbocycles. The van der Waals surface area contributed by atoms with Crippen molar-refractivity contribution >= 4 is 11.2 Å². The second-order valence-corrected chi connectivity index (χ2v) is 4.23. The number of hydrogen-bond donors (Lipinski definition) is 2. The van der Waals surface area contributed by atoms with E-state index in [2.05, 4.69) is 19.9 Å². The number of nitrogens with zero attached hydrogens (tertiary/aromatic N) is 2. The van der Waals surface area contributed by atoms with Crippen LogP contribution >= 0.6 is 0 Å². The summed E-state index contributed by atoms with van der Waals surface area (Å²) in [6, 6.07) is 7.73. The number of hydrogen-bond acceptors (Lipinski definition) is 4. The zero-order valence-electron chi connectivity index (χ0n) is 10.1. The van der Waals surface area contributed by atoms with Crippen molar-refractivity contribution in [2.45, 2.75) is 6.92 Å². The molecular weight excluding hydrogens is 244 g/mol. The van der Waals surface area contributed by atoms with Crippen molar-refractivity contribution in [3.63, 3.8) is 0 Å². The molecule has 2 aromatic heterocycles. The maximum absolute atomic E-state index is 11.7. The third-order valence-electron chi connectivity index (χ3n) is 2.79. The normalized spacial score (nSPS) is 10.8. The van der Waals surface area contributed by atoms with E-state index < -0.39 is 11.2 Å². The van der Waals surface area contributed by atoms with Crippen LogP contribution in [-0.2, 0) is 0 Å². The summed E-state index contributed by atoms with van der Waals surface area (Å²) in [5.41, 5.74) is 1.77. The van der Waals surface area contributed by atoms with Crippen LogP contribution < -0.4 is 11.2 Å². The molecule has 3 aromatic rings. The van der Waals surface area contributed by atoms with Crippen LogP contribution in [0, 0.1) is 6.92 Å². The molecule has 2 N–H and O–H groups in total. The van der Waals surface area contributed by atoms with Gasteiger partial charge >= 0.3 is 5.69 Å². The monoisotopic (exact) mass is 254 g/mol. The fraction of sp³-hybridized carbons (Fsp3) is 0.0769. The Bertz CT molecular complexity index is 862. The molecule has 0 aliphatic heterocycles. The standard InChI is InChI=1S/C13H10N4O2/c1-7-2-4-8(5-3-7)9-6-14-11-10(15-9)12(18)17-13(19)16-11/h2-6H,1H3,(H2,14,16,17,18,19). The highest BCUT2D eigenvalue weighted by Gasteiger charge is 2.06. The quantitative estimate of drug-likeness (QED) is 0.677. The van der Waals surface area contributed by atoms with Crippen molar-refractivity contribution in [3.05, 3.63) is 56.9 Å². The Labute approximate surface area is 107 Å². The molecule has 0 spiro atoms. The molecule has 0 unspecified atom stereocenters. The Kier molecular flexibility index (Phi) is 2.49. The largest absolute Gasteiger partial charge is 0.327 e. The molecule has 94 valence electrons. The van der Waals surface area contributed by atoms with E-state index in [1.807, 2.05) is 31.2 Å². The number of aryl methyl sites for hydroxylation is 1. The van der Waals surface area contributed by atoms with Gasteiger partial charge < -0.3 is 0 Å². The van der Waals surface area contributed by atoms with E-state index in [0.29, 0.717) is 5.69 Å². The van der Waals surface area contributed by atoms with E-state index in [0.717, 1.165) is 11.1 Å². The van der Waals surface area contributed by atoms with E-state index >= 15 is 0 Å². The van der Waals surface area contributed by atoms with Gasteiger partial charge in [0.2, 0.25) is 0 Å². The molecule has 0 amide bonds. The lowest BCUT2D eigenvalue weighted by molar-refractivity contribution is 1.04. The van der Waals surface area contributed by atoms with Gasteiger partial charge in [0.15, 0.2) is 11.2 Å². The fourth-order valence-electron chi connectivity index (χ4n) is 1.80. The Balaban J connectivity index is 2.24. The van der Waals surface area contributed by atoms with Crippen LogP contribution in [-0.4, -0.2) is 19.9 Å². The van der Waals surface area contributed by atoms with Crippen LogP contribution in [0.2, 0.25) is 0 Å². The predicted octanol–water partition coefficient (Wildman–Crippen LogP) is 0.982. The van der Waals surface area contributed by atoms with Crippen molar-refractivity contribution < 1.29 is 0 Å². The third kappa shape index (κ3) is 2.03. The maximum atomic E-state index is 11.7. The average molecular weight is 254 g/mol. The highest BCUT2D eigenvalue weighted by Crippen LogP contribution is 2.17. The first kappa shape index (κ1) is 11.3. The van der Waals surface area contributed by atoms with Gasteiger partial charge in [0.25, 0.3) is 5.56 Å². The van der Waals surface area contributed by atoms with Gasteiger partial charge in [-0.05, 0) is 6.92 Å². The molecule has 0 fully saturated rings. The van der Waals surface area contributed by atoms with Crippen LogP contribution in [0.3, 0.4) is 0 Å². The number of nitrogens with one attached hydrogen (secondary N) is 2. The summed E-state index contributed by atoms with van der Waals surface area (Å²) in [5, 5.41) is 0. The van der Waals surface area contributed by atoms with Crippen LogP contribution in [0.1, 0.15) is 5.56 Å². The summed E-state index contributed by atoms with van der Waals surface area (Å²) in [6.07, 6.45) is 1.53. The van der Waals surface area contributed by atoms with Gasteiger partial charge in [-0.2, -0.15) is 0 Å². The molecule has 0 atom stereocenters. The molecular formula is C13H10N4O2. The average Bonchev–Trinajstić information content (AvgIpc) is 2.39. The summed E-state index contributed by atoms with van der Waals surface area (Å²) in [5.74, 6) is 0. The van der Waals surface area contributed by atoms with Gasteiger partial charge in [-0.3, -0.25) is 14.8 Å². The molecule has 6 nitrogen and oxygen atoms in total. The number of H-pyrrole nitrogens is 2. The maximum Gasteiger partial charge on any atom is 0.327 e. The summed E-state index contributed by atoms with van der Waals surface area (Å²) < 4.78 is 0. The van der Waals surface area contributed by atoms with Crippen molar-refractivity contribution in [1.82, 2.24) is 19.9 Å².